The zero-order valence-corrected chi connectivity index (χ0v) is 20.4. The summed E-state index contributed by atoms with van der Waals surface area (Å²) in [5.41, 5.74) is 2.40. The van der Waals surface area contributed by atoms with Crippen LogP contribution < -0.4 is 5.56 Å². The van der Waals surface area contributed by atoms with Crippen molar-refractivity contribution in [2.75, 3.05) is 7.11 Å². The minimum atomic E-state index is -1.05. The molecule has 0 spiro atoms. The number of nitrogens with one attached hydrogen (secondary N) is 2. The molecule has 1 atom stereocenters. The zero-order valence-electron chi connectivity index (χ0n) is 19.6. The number of rotatable bonds is 7. The van der Waals surface area contributed by atoms with E-state index in [0.717, 1.165) is 31.2 Å². The molecule has 3 heterocycles. The molecule has 4 rings (SSSR count). The van der Waals surface area contributed by atoms with E-state index in [1.54, 1.807) is 25.2 Å². The van der Waals surface area contributed by atoms with Crippen molar-refractivity contribution in [3.8, 4) is 0 Å². The minimum absolute atomic E-state index is 0.0344. The number of carbonyl (C=O) groups is 3. The van der Waals surface area contributed by atoms with E-state index in [2.05, 4.69) is 15.0 Å². The summed E-state index contributed by atoms with van der Waals surface area (Å²) in [6, 6.07) is 0. The van der Waals surface area contributed by atoms with Crippen LogP contribution in [0, 0.1) is 13.8 Å². The maximum absolute atomic E-state index is 12.8. The summed E-state index contributed by atoms with van der Waals surface area (Å²) >= 11 is 1.55. The topological polar surface area (TPSA) is 131 Å². The molecule has 3 aromatic heterocycles. The van der Waals surface area contributed by atoms with Crippen LogP contribution in [0.1, 0.15) is 74.6 Å². The van der Waals surface area contributed by atoms with Gasteiger partial charge in [-0.1, -0.05) is 0 Å². The molecule has 0 aliphatic heterocycles. The molecule has 9 nitrogen and oxygen atoms in total. The first-order valence-electron chi connectivity index (χ1n) is 11.3. The van der Waals surface area contributed by atoms with E-state index in [4.69, 9.17) is 9.47 Å². The number of hydrogen-bond donors (Lipinski definition) is 2. The number of hydrogen-bond acceptors (Lipinski definition) is 8. The number of aromatic nitrogens is 3. The van der Waals surface area contributed by atoms with Gasteiger partial charge in [0, 0.05) is 17.0 Å². The molecule has 0 amide bonds. The van der Waals surface area contributed by atoms with Gasteiger partial charge in [0.15, 0.2) is 6.10 Å². The molecule has 1 aliphatic rings. The fraction of sp³-hybridized carbons (Fsp3) is 0.458. The molecule has 10 heteroatoms. The van der Waals surface area contributed by atoms with Crippen LogP contribution in [0.25, 0.3) is 10.2 Å². The van der Waals surface area contributed by atoms with Gasteiger partial charge < -0.3 is 19.4 Å². The highest BCUT2D eigenvalue weighted by atomic mass is 32.1. The van der Waals surface area contributed by atoms with E-state index >= 15 is 0 Å². The van der Waals surface area contributed by atoms with Crippen molar-refractivity contribution >= 4 is 39.3 Å². The Balaban J connectivity index is 1.41. The molecule has 0 aromatic carbocycles. The lowest BCUT2D eigenvalue weighted by atomic mass is 9.97. The Labute approximate surface area is 199 Å². The highest BCUT2D eigenvalue weighted by Crippen LogP contribution is 2.33. The summed E-state index contributed by atoms with van der Waals surface area (Å²) in [6.45, 7) is 4.79. The van der Waals surface area contributed by atoms with E-state index in [-0.39, 0.29) is 24.1 Å². The number of aryl methyl sites for hydroxylation is 4. The Hall–Kier alpha value is -3.27. The summed E-state index contributed by atoms with van der Waals surface area (Å²) in [5, 5.41) is 0.674. The van der Waals surface area contributed by atoms with E-state index in [0.29, 0.717) is 32.9 Å². The predicted molar refractivity (Wildman–Crippen MR) is 127 cm³/mol. The van der Waals surface area contributed by atoms with E-state index in [1.165, 1.54) is 18.9 Å². The Bertz CT molecular complexity index is 1350. The van der Waals surface area contributed by atoms with Crippen LogP contribution in [0.15, 0.2) is 4.79 Å². The fourth-order valence-electron chi connectivity index (χ4n) is 4.46. The van der Waals surface area contributed by atoms with Gasteiger partial charge in [0.1, 0.15) is 10.7 Å². The maximum Gasteiger partial charge on any atom is 0.339 e. The molecule has 0 bridgehead atoms. The summed E-state index contributed by atoms with van der Waals surface area (Å²) in [5.74, 6) is -1.14. The van der Waals surface area contributed by atoms with Crippen LogP contribution in [0.3, 0.4) is 0 Å². The molecule has 0 saturated heterocycles. The number of fused-ring (bicyclic) bond motifs is 3. The van der Waals surface area contributed by atoms with Gasteiger partial charge >= 0.3 is 11.9 Å². The third-order valence-corrected chi connectivity index (χ3v) is 7.38. The quantitative estimate of drug-likeness (QED) is 0.387. The molecule has 0 saturated carbocycles. The molecule has 0 unspecified atom stereocenters. The first-order chi connectivity index (χ1) is 16.2. The highest BCUT2D eigenvalue weighted by molar-refractivity contribution is 7.18. The minimum Gasteiger partial charge on any atom is -0.465 e. The molecular weight excluding hydrogens is 458 g/mol. The number of Topliss-reactive ketones (excluding diaryl/α,β-unsaturated/α-hetero) is 1. The monoisotopic (exact) mass is 485 g/mol. The van der Waals surface area contributed by atoms with E-state index < -0.39 is 23.8 Å². The van der Waals surface area contributed by atoms with Crippen LogP contribution in [0.4, 0.5) is 0 Å². The first-order valence-corrected chi connectivity index (χ1v) is 12.1. The third-order valence-electron chi connectivity index (χ3n) is 6.19. The molecule has 2 N–H and O–H groups in total. The van der Waals surface area contributed by atoms with Gasteiger partial charge in [-0.3, -0.25) is 14.4 Å². The number of thiophene rings is 1. The second-order valence-corrected chi connectivity index (χ2v) is 9.60. The van der Waals surface area contributed by atoms with Crippen LogP contribution in [0.5, 0.6) is 0 Å². The van der Waals surface area contributed by atoms with E-state index in [9.17, 15) is 19.2 Å². The van der Waals surface area contributed by atoms with Gasteiger partial charge in [-0.2, -0.15) is 0 Å². The zero-order chi connectivity index (χ0) is 24.6. The number of nitrogens with zero attached hydrogens (tertiary/aromatic N) is 1. The normalized spacial score (nSPS) is 14.0. The Morgan fingerprint density at radius 1 is 1.15 bits per heavy atom. The van der Waals surface area contributed by atoms with Crippen LogP contribution in [-0.2, 0) is 33.5 Å². The van der Waals surface area contributed by atoms with Crippen LogP contribution in [0.2, 0.25) is 0 Å². The largest absolute Gasteiger partial charge is 0.465 e. The number of ketones is 1. The second kappa shape index (κ2) is 9.54. The average Bonchev–Trinajstić information content (AvgIpc) is 3.33. The van der Waals surface area contributed by atoms with Gasteiger partial charge in [-0.05, 0) is 57.6 Å². The van der Waals surface area contributed by atoms with Gasteiger partial charge in [0.2, 0.25) is 5.78 Å². The predicted octanol–water partition coefficient (Wildman–Crippen LogP) is 3.34. The molecular formula is C24H27N3O6S. The lowest BCUT2D eigenvalue weighted by molar-refractivity contribution is -0.146. The van der Waals surface area contributed by atoms with Crippen molar-refractivity contribution in [3.05, 3.63) is 49.1 Å². The number of H-pyrrole nitrogens is 2. The summed E-state index contributed by atoms with van der Waals surface area (Å²) in [4.78, 5) is 62.0. The number of ether oxygens (including phenoxy) is 2. The molecule has 0 fully saturated rings. The maximum atomic E-state index is 12.8. The van der Waals surface area contributed by atoms with Crippen molar-refractivity contribution in [1.29, 1.82) is 0 Å². The van der Waals surface area contributed by atoms with E-state index in [1.807, 2.05) is 0 Å². The molecule has 3 aromatic rings. The molecule has 1 aliphatic carbocycles. The summed E-state index contributed by atoms with van der Waals surface area (Å²) in [6.07, 6.45) is 3.19. The molecule has 0 radical (unpaired) electrons. The van der Waals surface area contributed by atoms with Gasteiger partial charge in [0.05, 0.1) is 30.2 Å². The standard InChI is InChI=1S/C24H27N3O6S/c1-11-18(24(31)32-4)12(2)25-20(11)21(29)13(3)33-17(28)10-9-16-26-22(30)19-14-7-5-6-8-15(14)34-23(19)27-16/h13,25H,5-10H2,1-4H3,(H,26,27,30)/t13-/m0/s1. The van der Waals surface area contributed by atoms with Gasteiger partial charge in [-0.15, -0.1) is 11.3 Å². The Morgan fingerprint density at radius 2 is 1.88 bits per heavy atom. The van der Waals surface area contributed by atoms with Crippen molar-refractivity contribution in [2.24, 2.45) is 0 Å². The van der Waals surface area contributed by atoms with Gasteiger partial charge in [-0.25, -0.2) is 9.78 Å². The van der Waals surface area contributed by atoms with Crippen molar-refractivity contribution in [2.45, 2.75) is 65.4 Å². The average molecular weight is 486 g/mol. The third kappa shape index (κ3) is 4.42. The lowest BCUT2D eigenvalue weighted by Crippen LogP contribution is -2.25. The summed E-state index contributed by atoms with van der Waals surface area (Å²) in [7, 11) is 1.27. The number of aromatic amines is 2. The van der Waals surface area contributed by atoms with Gasteiger partial charge in [0.25, 0.3) is 5.56 Å². The van der Waals surface area contributed by atoms with Crippen molar-refractivity contribution in [3.63, 3.8) is 0 Å². The fourth-order valence-corrected chi connectivity index (χ4v) is 5.75. The summed E-state index contributed by atoms with van der Waals surface area (Å²) < 4.78 is 10.1. The SMILES string of the molecule is COC(=O)c1c(C)[nH]c(C(=O)[C@H](C)OC(=O)CCc2nc3sc4c(c3c(=O)[nH]2)CCCC4)c1C. The molecule has 180 valence electrons. The number of methoxy groups -OCH3 is 1. The number of carbonyl (C=O) groups excluding carboxylic acids is 3. The first kappa shape index (κ1) is 23.9. The Kier molecular flexibility index (Phi) is 6.70. The van der Waals surface area contributed by atoms with Crippen LogP contribution >= 0.6 is 11.3 Å². The Morgan fingerprint density at radius 3 is 2.62 bits per heavy atom. The van der Waals surface area contributed by atoms with Crippen molar-refractivity contribution in [1.82, 2.24) is 15.0 Å². The molecule has 34 heavy (non-hydrogen) atoms. The second-order valence-electron chi connectivity index (χ2n) is 8.52. The number of esters is 2. The smallest absolute Gasteiger partial charge is 0.339 e. The van der Waals surface area contributed by atoms with Crippen LogP contribution in [-0.4, -0.2) is 45.9 Å². The lowest BCUT2D eigenvalue weighted by Gasteiger charge is -2.12. The van der Waals surface area contributed by atoms with Crippen molar-refractivity contribution < 1.29 is 23.9 Å². The highest BCUT2D eigenvalue weighted by Gasteiger charge is 2.27.